The fourth-order valence-electron chi connectivity index (χ4n) is 2.96. The molecule has 4 N–H and O–H groups in total. The Kier molecular flexibility index (Phi) is 5.98. The van der Waals surface area contributed by atoms with Crippen LogP contribution < -0.4 is 11.1 Å². The van der Waals surface area contributed by atoms with Crippen LogP contribution in [0.5, 0.6) is 0 Å². The van der Waals surface area contributed by atoms with Gasteiger partial charge in [0.2, 0.25) is 0 Å². The van der Waals surface area contributed by atoms with E-state index in [4.69, 9.17) is 5.73 Å². The van der Waals surface area contributed by atoms with Crippen LogP contribution in [0, 0.1) is 0 Å². The zero-order chi connectivity index (χ0) is 17.5. The molecule has 6 nitrogen and oxygen atoms in total. The molecule has 2 aromatic rings. The first-order valence-electron chi connectivity index (χ1n) is 8.66. The van der Waals surface area contributed by atoms with E-state index in [1.807, 2.05) is 24.3 Å². The molecule has 132 valence electrons. The van der Waals surface area contributed by atoms with Crippen LogP contribution in [0.1, 0.15) is 24.0 Å². The Morgan fingerprint density at radius 2 is 1.88 bits per heavy atom. The topological polar surface area (TPSA) is 86.8 Å². The summed E-state index contributed by atoms with van der Waals surface area (Å²) in [5.74, 6) is 1.04. The number of hydrogen-bond acceptors (Lipinski definition) is 4. The van der Waals surface area contributed by atoms with Gasteiger partial charge in [0.15, 0.2) is 5.96 Å². The summed E-state index contributed by atoms with van der Waals surface area (Å²) in [6.07, 6.45) is 3.26. The lowest BCUT2D eigenvalue weighted by Crippen LogP contribution is -2.35. The van der Waals surface area contributed by atoms with Crippen molar-refractivity contribution in [1.82, 2.24) is 9.88 Å². The molecule has 0 radical (unpaired) electrons. The smallest absolute Gasteiger partial charge is 0.194 e. The molecule has 0 bridgehead atoms. The van der Waals surface area contributed by atoms with Gasteiger partial charge >= 0.3 is 0 Å². The van der Waals surface area contributed by atoms with Crippen molar-refractivity contribution >= 4 is 11.8 Å². The van der Waals surface area contributed by atoms with Gasteiger partial charge in [-0.15, -0.1) is 0 Å². The summed E-state index contributed by atoms with van der Waals surface area (Å²) in [5.41, 5.74) is 8.39. The van der Waals surface area contributed by atoms with Crippen molar-refractivity contribution in [2.45, 2.75) is 32.0 Å². The average molecular weight is 339 g/mol. The van der Waals surface area contributed by atoms with E-state index < -0.39 is 0 Å². The molecule has 25 heavy (non-hydrogen) atoms. The van der Waals surface area contributed by atoms with Crippen molar-refractivity contribution in [2.24, 2.45) is 10.7 Å². The second-order valence-electron chi connectivity index (χ2n) is 6.32. The molecule has 0 spiro atoms. The number of aliphatic hydroxyl groups excluding tert-OH is 1. The van der Waals surface area contributed by atoms with Crippen molar-refractivity contribution in [3.05, 3.63) is 59.8 Å². The highest BCUT2D eigenvalue weighted by atomic mass is 16.3. The monoisotopic (exact) mass is 339 g/mol. The van der Waals surface area contributed by atoms with Crippen molar-refractivity contribution in [1.29, 1.82) is 0 Å². The maximum atomic E-state index is 9.64. The molecule has 1 aliphatic heterocycles. The van der Waals surface area contributed by atoms with Gasteiger partial charge in [-0.2, -0.15) is 0 Å². The van der Waals surface area contributed by atoms with Crippen LogP contribution in [-0.2, 0) is 13.1 Å². The van der Waals surface area contributed by atoms with Crippen LogP contribution in [0.15, 0.2) is 53.7 Å². The second kappa shape index (κ2) is 8.60. The highest BCUT2D eigenvalue weighted by Crippen LogP contribution is 2.17. The van der Waals surface area contributed by atoms with E-state index in [1.165, 1.54) is 11.1 Å². The highest BCUT2D eigenvalue weighted by Gasteiger charge is 2.17. The minimum atomic E-state index is -0.145. The summed E-state index contributed by atoms with van der Waals surface area (Å²) in [7, 11) is 0. The third-order valence-electron chi connectivity index (χ3n) is 4.41. The first-order valence-corrected chi connectivity index (χ1v) is 8.66. The Hall–Kier alpha value is -2.44. The summed E-state index contributed by atoms with van der Waals surface area (Å²) in [6, 6.07) is 13.9. The summed E-state index contributed by atoms with van der Waals surface area (Å²) in [5, 5.41) is 12.6. The van der Waals surface area contributed by atoms with E-state index in [2.05, 4.69) is 38.4 Å². The number of hydrogen-bond donors (Lipinski definition) is 3. The van der Waals surface area contributed by atoms with Crippen LogP contribution in [0.3, 0.4) is 0 Å². The van der Waals surface area contributed by atoms with Gasteiger partial charge in [0.25, 0.3) is 0 Å². The molecule has 0 aliphatic carbocycles. The molecule has 0 atom stereocenters. The molecule has 0 unspecified atom stereocenters. The molecular formula is C19H25N5O. The van der Waals surface area contributed by atoms with Gasteiger partial charge < -0.3 is 16.2 Å². The Morgan fingerprint density at radius 3 is 2.60 bits per heavy atom. The van der Waals surface area contributed by atoms with E-state index >= 15 is 0 Å². The zero-order valence-corrected chi connectivity index (χ0v) is 14.3. The lowest BCUT2D eigenvalue weighted by atomic mass is 10.0. The minimum absolute atomic E-state index is 0.145. The molecule has 1 aliphatic rings. The molecular weight excluding hydrogens is 314 g/mol. The first-order chi connectivity index (χ1) is 12.2. The fraction of sp³-hybridized carbons (Fsp3) is 0.368. The van der Waals surface area contributed by atoms with E-state index in [9.17, 15) is 5.11 Å². The van der Waals surface area contributed by atoms with Crippen LogP contribution >= 0.6 is 0 Å². The summed E-state index contributed by atoms with van der Waals surface area (Å²) in [4.78, 5) is 11.0. The number of benzene rings is 1. The molecule has 1 aromatic heterocycles. The van der Waals surface area contributed by atoms with E-state index in [0.29, 0.717) is 18.3 Å². The number of anilines is 1. The third kappa shape index (κ3) is 5.27. The zero-order valence-electron chi connectivity index (χ0n) is 14.3. The van der Waals surface area contributed by atoms with Crippen molar-refractivity contribution in [3.63, 3.8) is 0 Å². The SMILES string of the molecule is NC(=NCc1ccccc1CN1CCC(O)CC1)Nc1ccccn1. The van der Waals surface area contributed by atoms with Crippen LogP contribution in [-0.4, -0.2) is 40.1 Å². The number of aromatic nitrogens is 1. The number of nitrogens with two attached hydrogens (primary N) is 1. The van der Waals surface area contributed by atoms with Gasteiger partial charge in [-0.3, -0.25) is 4.90 Å². The molecule has 0 amide bonds. The second-order valence-corrected chi connectivity index (χ2v) is 6.32. The summed E-state index contributed by atoms with van der Waals surface area (Å²) < 4.78 is 0. The summed E-state index contributed by atoms with van der Waals surface area (Å²) in [6.45, 7) is 3.27. The van der Waals surface area contributed by atoms with Gasteiger partial charge in [-0.25, -0.2) is 9.98 Å². The van der Waals surface area contributed by atoms with Gasteiger partial charge in [0.1, 0.15) is 5.82 Å². The van der Waals surface area contributed by atoms with E-state index in [0.717, 1.165) is 32.5 Å². The molecule has 3 rings (SSSR count). The molecule has 1 saturated heterocycles. The predicted molar refractivity (Wildman–Crippen MR) is 100 cm³/mol. The Bertz CT molecular complexity index is 696. The number of likely N-dealkylation sites (tertiary alicyclic amines) is 1. The lowest BCUT2D eigenvalue weighted by molar-refractivity contribution is 0.0791. The molecule has 1 fully saturated rings. The van der Waals surface area contributed by atoms with Gasteiger partial charge in [-0.05, 0) is 36.1 Å². The Balaban J connectivity index is 1.61. The number of aliphatic imine (C=N–C) groups is 1. The third-order valence-corrected chi connectivity index (χ3v) is 4.41. The Labute approximate surface area is 148 Å². The van der Waals surface area contributed by atoms with Crippen LogP contribution in [0.25, 0.3) is 0 Å². The lowest BCUT2D eigenvalue weighted by Gasteiger charge is -2.30. The van der Waals surface area contributed by atoms with E-state index in [-0.39, 0.29) is 6.10 Å². The number of nitrogens with one attached hydrogen (secondary N) is 1. The van der Waals surface area contributed by atoms with E-state index in [1.54, 1.807) is 6.20 Å². The average Bonchev–Trinajstić information content (AvgIpc) is 2.64. The van der Waals surface area contributed by atoms with Crippen molar-refractivity contribution in [2.75, 3.05) is 18.4 Å². The van der Waals surface area contributed by atoms with Crippen molar-refractivity contribution < 1.29 is 5.11 Å². The number of nitrogens with zero attached hydrogens (tertiary/aromatic N) is 3. The number of piperidine rings is 1. The van der Waals surface area contributed by atoms with Crippen LogP contribution in [0.2, 0.25) is 0 Å². The predicted octanol–water partition coefficient (Wildman–Crippen LogP) is 1.97. The maximum Gasteiger partial charge on any atom is 0.194 e. The fourth-order valence-corrected chi connectivity index (χ4v) is 2.96. The maximum absolute atomic E-state index is 9.64. The molecule has 0 saturated carbocycles. The number of pyridine rings is 1. The minimum Gasteiger partial charge on any atom is -0.393 e. The molecule has 6 heteroatoms. The number of rotatable bonds is 5. The summed E-state index contributed by atoms with van der Waals surface area (Å²) >= 11 is 0. The molecule has 1 aromatic carbocycles. The molecule has 2 heterocycles. The Morgan fingerprint density at radius 1 is 1.16 bits per heavy atom. The highest BCUT2D eigenvalue weighted by molar-refractivity contribution is 5.91. The van der Waals surface area contributed by atoms with Gasteiger partial charge in [-0.1, -0.05) is 30.3 Å². The quantitative estimate of drug-likeness (QED) is 0.573. The van der Waals surface area contributed by atoms with Gasteiger partial charge in [0.05, 0.1) is 12.6 Å². The van der Waals surface area contributed by atoms with Gasteiger partial charge in [0, 0.05) is 25.8 Å². The van der Waals surface area contributed by atoms with Crippen molar-refractivity contribution in [3.8, 4) is 0 Å². The normalized spacial score (nSPS) is 16.8. The number of guanidine groups is 1. The first kappa shape index (κ1) is 17.4. The number of aliphatic hydroxyl groups is 1. The largest absolute Gasteiger partial charge is 0.393 e. The van der Waals surface area contributed by atoms with Crippen LogP contribution in [0.4, 0.5) is 5.82 Å². The standard InChI is InChI=1S/C19H25N5O/c20-19(23-18-7-3-4-10-21-18)22-13-15-5-1-2-6-16(15)14-24-11-8-17(25)9-12-24/h1-7,10,17,25H,8-9,11-14H2,(H3,20,21,22,23).